The molecule has 0 spiro atoms. The van der Waals surface area contributed by atoms with Crippen LogP contribution in [0.4, 0.5) is 0 Å². The standard InChI is InChI=1S/C18H25N5S/c1-13(9-18-21-15-7-5-6-8-17(15)24-18)19-11-16(22(2)3)14-10-20-23(4)12-14/h5-8,10,12-13,16,19H,9,11H2,1-4H3/t13-,16-/m1/s1. The lowest BCUT2D eigenvalue weighted by Gasteiger charge is -2.25. The van der Waals surface area contributed by atoms with Crippen molar-refractivity contribution in [2.45, 2.75) is 25.4 Å². The number of nitrogens with zero attached hydrogens (tertiary/aromatic N) is 4. The second-order valence-electron chi connectivity index (χ2n) is 6.52. The molecule has 0 saturated heterocycles. The summed E-state index contributed by atoms with van der Waals surface area (Å²) >= 11 is 1.79. The first-order valence-corrected chi connectivity index (χ1v) is 9.07. The van der Waals surface area contributed by atoms with Crippen molar-refractivity contribution in [1.82, 2.24) is 25.0 Å². The van der Waals surface area contributed by atoms with E-state index < -0.39 is 0 Å². The minimum Gasteiger partial charge on any atom is -0.312 e. The average Bonchev–Trinajstić information content (AvgIpc) is 3.12. The Hall–Kier alpha value is -1.76. The second kappa shape index (κ2) is 7.42. The molecule has 0 aliphatic carbocycles. The molecule has 128 valence electrons. The molecule has 2 heterocycles. The average molecular weight is 344 g/mol. The van der Waals surface area contributed by atoms with Gasteiger partial charge < -0.3 is 10.2 Å². The minimum absolute atomic E-state index is 0.316. The van der Waals surface area contributed by atoms with Crippen LogP contribution in [0.25, 0.3) is 10.2 Å². The zero-order valence-corrected chi connectivity index (χ0v) is 15.5. The summed E-state index contributed by atoms with van der Waals surface area (Å²) in [6.45, 7) is 3.12. The van der Waals surface area contributed by atoms with Crippen LogP contribution in [-0.4, -0.2) is 46.3 Å². The molecule has 0 radical (unpaired) electrons. The van der Waals surface area contributed by atoms with Gasteiger partial charge in [-0.25, -0.2) is 4.98 Å². The van der Waals surface area contributed by atoms with Gasteiger partial charge in [-0.05, 0) is 33.2 Å². The number of aryl methyl sites for hydroxylation is 1. The number of rotatable bonds is 7. The van der Waals surface area contributed by atoms with Gasteiger partial charge in [-0.15, -0.1) is 11.3 Å². The van der Waals surface area contributed by atoms with Crippen LogP contribution in [0.15, 0.2) is 36.7 Å². The van der Waals surface area contributed by atoms with E-state index in [2.05, 4.69) is 60.7 Å². The van der Waals surface area contributed by atoms with E-state index in [0.717, 1.165) is 18.5 Å². The summed E-state index contributed by atoms with van der Waals surface area (Å²) in [4.78, 5) is 6.96. The van der Waals surface area contributed by atoms with Crippen LogP contribution in [0, 0.1) is 0 Å². The van der Waals surface area contributed by atoms with Crippen LogP contribution in [0.3, 0.4) is 0 Å². The van der Waals surface area contributed by atoms with Gasteiger partial charge in [0.05, 0.1) is 21.4 Å². The summed E-state index contributed by atoms with van der Waals surface area (Å²) in [5.41, 5.74) is 2.34. The van der Waals surface area contributed by atoms with Crippen molar-refractivity contribution < 1.29 is 0 Å². The van der Waals surface area contributed by atoms with Crippen molar-refractivity contribution in [3.05, 3.63) is 47.2 Å². The number of fused-ring (bicyclic) bond motifs is 1. The van der Waals surface area contributed by atoms with Crippen LogP contribution in [0.1, 0.15) is 23.5 Å². The van der Waals surface area contributed by atoms with Crippen molar-refractivity contribution in [3.8, 4) is 0 Å². The minimum atomic E-state index is 0.316. The summed E-state index contributed by atoms with van der Waals surface area (Å²) in [5.74, 6) is 0. The van der Waals surface area contributed by atoms with E-state index in [1.807, 2.05) is 24.0 Å². The highest BCUT2D eigenvalue weighted by atomic mass is 32.1. The van der Waals surface area contributed by atoms with Crippen molar-refractivity contribution in [2.75, 3.05) is 20.6 Å². The predicted octanol–water partition coefficient (Wildman–Crippen LogP) is 2.85. The molecule has 0 saturated carbocycles. The van der Waals surface area contributed by atoms with E-state index >= 15 is 0 Å². The maximum absolute atomic E-state index is 4.73. The molecule has 0 aliphatic rings. The van der Waals surface area contributed by atoms with E-state index in [9.17, 15) is 0 Å². The highest BCUT2D eigenvalue weighted by Gasteiger charge is 2.17. The third kappa shape index (κ3) is 4.01. The van der Waals surface area contributed by atoms with Gasteiger partial charge in [0.15, 0.2) is 0 Å². The molecule has 2 atom stereocenters. The van der Waals surface area contributed by atoms with Gasteiger partial charge in [0.25, 0.3) is 0 Å². The molecular weight excluding hydrogens is 318 g/mol. The number of likely N-dealkylation sites (N-methyl/N-ethyl adjacent to an activating group) is 1. The van der Waals surface area contributed by atoms with Gasteiger partial charge in [-0.3, -0.25) is 4.68 Å². The Morgan fingerprint density at radius 2 is 2.08 bits per heavy atom. The Bertz CT molecular complexity index is 758. The SMILES string of the molecule is C[C@H](Cc1nc2ccccc2s1)NC[C@H](c1cnn(C)c1)N(C)C. The van der Waals surface area contributed by atoms with Crippen molar-refractivity contribution >= 4 is 21.6 Å². The van der Waals surface area contributed by atoms with Crippen molar-refractivity contribution in [1.29, 1.82) is 0 Å². The smallest absolute Gasteiger partial charge is 0.0954 e. The van der Waals surface area contributed by atoms with E-state index in [-0.39, 0.29) is 0 Å². The summed E-state index contributed by atoms with van der Waals surface area (Å²) in [7, 11) is 6.18. The lowest BCUT2D eigenvalue weighted by atomic mass is 10.1. The maximum atomic E-state index is 4.73. The van der Waals surface area contributed by atoms with Gasteiger partial charge in [-0.1, -0.05) is 12.1 Å². The predicted molar refractivity (Wildman–Crippen MR) is 100 cm³/mol. The Kier molecular flexibility index (Phi) is 5.28. The number of hydrogen-bond acceptors (Lipinski definition) is 5. The van der Waals surface area contributed by atoms with Gasteiger partial charge >= 0.3 is 0 Å². The van der Waals surface area contributed by atoms with Crippen molar-refractivity contribution in [2.24, 2.45) is 7.05 Å². The van der Waals surface area contributed by atoms with Crippen LogP contribution < -0.4 is 5.32 Å². The molecule has 0 bridgehead atoms. The van der Waals surface area contributed by atoms with Gasteiger partial charge in [0, 0.05) is 43.9 Å². The topological polar surface area (TPSA) is 46.0 Å². The third-order valence-corrected chi connectivity index (χ3v) is 5.27. The number of aromatic nitrogens is 3. The molecule has 24 heavy (non-hydrogen) atoms. The van der Waals surface area contributed by atoms with Crippen LogP contribution in [0.5, 0.6) is 0 Å². The molecule has 1 aromatic carbocycles. The van der Waals surface area contributed by atoms with Gasteiger partial charge in [0.1, 0.15) is 0 Å². The number of nitrogens with one attached hydrogen (secondary N) is 1. The summed E-state index contributed by atoms with van der Waals surface area (Å²) in [6, 6.07) is 9.03. The summed E-state index contributed by atoms with van der Waals surface area (Å²) in [6.07, 6.45) is 4.99. The Labute approximate surface area is 147 Å². The largest absolute Gasteiger partial charge is 0.312 e. The third-order valence-electron chi connectivity index (χ3n) is 4.21. The Morgan fingerprint density at radius 3 is 2.75 bits per heavy atom. The Morgan fingerprint density at radius 1 is 1.29 bits per heavy atom. The number of hydrogen-bond donors (Lipinski definition) is 1. The quantitative estimate of drug-likeness (QED) is 0.716. The molecular formula is C18H25N5S. The van der Waals surface area contributed by atoms with Gasteiger partial charge in [0.2, 0.25) is 0 Å². The van der Waals surface area contributed by atoms with E-state index in [1.54, 1.807) is 11.3 Å². The molecule has 0 amide bonds. The normalized spacial score (nSPS) is 14.4. The van der Waals surface area contributed by atoms with E-state index in [0.29, 0.717) is 12.1 Å². The number of benzene rings is 1. The monoisotopic (exact) mass is 343 g/mol. The first-order chi connectivity index (χ1) is 11.5. The van der Waals surface area contributed by atoms with Crippen molar-refractivity contribution in [3.63, 3.8) is 0 Å². The molecule has 0 unspecified atom stereocenters. The molecule has 0 fully saturated rings. The molecule has 6 heteroatoms. The molecule has 0 aliphatic heterocycles. The highest BCUT2D eigenvalue weighted by molar-refractivity contribution is 7.18. The molecule has 2 aromatic heterocycles. The summed E-state index contributed by atoms with van der Waals surface area (Å²) in [5, 5.41) is 9.14. The lowest BCUT2D eigenvalue weighted by Crippen LogP contribution is -2.36. The van der Waals surface area contributed by atoms with Crippen LogP contribution in [0.2, 0.25) is 0 Å². The zero-order valence-electron chi connectivity index (χ0n) is 14.7. The number of thiazole rings is 1. The summed E-state index contributed by atoms with van der Waals surface area (Å²) < 4.78 is 3.12. The van der Waals surface area contributed by atoms with E-state index in [4.69, 9.17) is 4.98 Å². The molecule has 3 rings (SSSR count). The van der Waals surface area contributed by atoms with Crippen LogP contribution in [-0.2, 0) is 13.5 Å². The maximum Gasteiger partial charge on any atom is 0.0954 e. The molecule has 1 N–H and O–H groups in total. The fraction of sp³-hybridized carbons (Fsp3) is 0.444. The molecule has 5 nitrogen and oxygen atoms in total. The number of para-hydroxylation sites is 1. The van der Waals surface area contributed by atoms with Crippen LogP contribution >= 0.6 is 11.3 Å². The van der Waals surface area contributed by atoms with Gasteiger partial charge in [-0.2, -0.15) is 5.10 Å². The zero-order chi connectivity index (χ0) is 17.1. The highest BCUT2D eigenvalue weighted by Crippen LogP contribution is 2.23. The fourth-order valence-corrected chi connectivity index (χ4v) is 3.96. The first-order valence-electron chi connectivity index (χ1n) is 8.25. The van der Waals surface area contributed by atoms with E-state index in [1.165, 1.54) is 15.3 Å². The fourth-order valence-electron chi connectivity index (χ4n) is 2.86. The lowest BCUT2D eigenvalue weighted by molar-refractivity contribution is 0.281. The first kappa shape index (κ1) is 17.1. The molecule has 3 aromatic rings. The Balaban J connectivity index is 1.60. The second-order valence-corrected chi connectivity index (χ2v) is 7.63.